The van der Waals surface area contributed by atoms with Crippen LogP contribution in [0.2, 0.25) is 0 Å². The lowest BCUT2D eigenvalue weighted by Crippen LogP contribution is -2.54. The van der Waals surface area contributed by atoms with Crippen LogP contribution in [0.1, 0.15) is 31.0 Å². The normalized spacial score (nSPS) is 15.8. The van der Waals surface area contributed by atoms with Crippen LogP contribution in [0.25, 0.3) is 0 Å². The van der Waals surface area contributed by atoms with E-state index in [1.54, 1.807) is 4.90 Å². The van der Waals surface area contributed by atoms with E-state index in [4.69, 9.17) is 4.74 Å². The van der Waals surface area contributed by atoms with E-state index in [0.29, 0.717) is 24.5 Å². The van der Waals surface area contributed by atoms with Crippen molar-refractivity contribution in [3.8, 4) is 5.75 Å². The number of pyridine rings is 1. The van der Waals surface area contributed by atoms with Gasteiger partial charge in [0.1, 0.15) is 11.9 Å². The summed E-state index contributed by atoms with van der Waals surface area (Å²) in [5.74, 6) is 0.585. The molecule has 0 spiro atoms. The summed E-state index contributed by atoms with van der Waals surface area (Å²) in [5.41, 5.74) is 0.639. The van der Waals surface area contributed by atoms with Crippen LogP contribution in [0.15, 0.2) is 42.7 Å². The first-order valence-electron chi connectivity index (χ1n) is 8.53. The lowest BCUT2D eigenvalue weighted by Gasteiger charge is -2.40. The van der Waals surface area contributed by atoms with Gasteiger partial charge in [-0.15, -0.1) is 0 Å². The fourth-order valence-corrected chi connectivity index (χ4v) is 2.89. The lowest BCUT2D eigenvalue weighted by molar-refractivity contribution is -0.137. The molecule has 1 amide bonds. The summed E-state index contributed by atoms with van der Waals surface area (Å²) >= 11 is 0. The molecule has 0 radical (unpaired) electrons. The molecule has 2 aromatic rings. The van der Waals surface area contributed by atoms with Crippen molar-refractivity contribution in [1.29, 1.82) is 0 Å². The number of benzene rings is 1. The van der Waals surface area contributed by atoms with Gasteiger partial charge < -0.3 is 15.0 Å². The maximum Gasteiger partial charge on any atom is 0.417 e. The summed E-state index contributed by atoms with van der Waals surface area (Å²) in [5, 5.41) is 2.81. The average molecular weight is 379 g/mol. The van der Waals surface area contributed by atoms with Gasteiger partial charge >= 0.3 is 6.18 Å². The Bertz CT molecular complexity index is 803. The van der Waals surface area contributed by atoms with Crippen molar-refractivity contribution in [1.82, 2.24) is 10.3 Å². The Balaban J connectivity index is 1.54. The van der Waals surface area contributed by atoms with Crippen molar-refractivity contribution >= 4 is 11.6 Å². The Hall–Kier alpha value is -2.77. The first-order valence-corrected chi connectivity index (χ1v) is 8.53. The van der Waals surface area contributed by atoms with Crippen LogP contribution < -0.4 is 15.0 Å². The highest BCUT2D eigenvalue weighted by Crippen LogP contribution is 2.32. The Morgan fingerprint density at radius 1 is 1.26 bits per heavy atom. The number of anilines is 1. The first-order chi connectivity index (χ1) is 12.7. The number of aromatic nitrogens is 1. The SMILES string of the molecule is CC(=O)N[C@@H](C)c1ccc(OC2CN(c3cncc(C(F)(F)F)c3)C2)cc1. The number of halogens is 3. The van der Waals surface area contributed by atoms with Gasteiger partial charge in [-0.25, -0.2) is 0 Å². The minimum Gasteiger partial charge on any atom is -0.487 e. The Morgan fingerprint density at radius 3 is 2.52 bits per heavy atom. The molecule has 1 aromatic heterocycles. The zero-order chi connectivity index (χ0) is 19.6. The van der Waals surface area contributed by atoms with E-state index in [9.17, 15) is 18.0 Å². The Morgan fingerprint density at radius 2 is 1.93 bits per heavy atom. The zero-order valence-corrected chi connectivity index (χ0v) is 15.0. The molecule has 0 unspecified atom stereocenters. The molecule has 1 saturated heterocycles. The van der Waals surface area contributed by atoms with Crippen LogP contribution in [-0.2, 0) is 11.0 Å². The van der Waals surface area contributed by atoms with Crippen molar-refractivity contribution < 1.29 is 22.7 Å². The second-order valence-corrected chi connectivity index (χ2v) is 6.57. The van der Waals surface area contributed by atoms with Gasteiger partial charge in [0.25, 0.3) is 0 Å². The molecule has 1 aliphatic rings. The molecule has 27 heavy (non-hydrogen) atoms. The van der Waals surface area contributed by atoms with Gasteiger partial charge in [0, 0.05) is 13.1 Å². The van der Waals surface area contributed by atoms with Crippen molar-refractivity contribution in [2.24, 2.45) is 0 Å². The van der Waals surface area contributed by atoms with Crippen molar-refractivity contribution in [2.45, 2.75) is 32.2 Å². The zero-order valence-electron chi connectivity index (χ0n) is 15.0. The smallest absolute Gasteiger partial charge is 0.417 e. The van der Waals surface area contributed by atoms with E-state index in [-0.39, 0.29) is 18.1 Å². The van der Waals surface area contributed by atoms with Gasteiger partial charge in [-0.3, -0.25) is 9.78 Å². The van der Waals surface area contributed by atoms with Crippen LogP contribution in [0.4, 0.5) is 18.9 Å². The quantitative estimate of drug-likeness (QED) is 0.863. The van der Waals surface area contributed by atoms with Gasteiger partial charge in [-0.05, 0) is 30.7 Å². The molecule has 3 rings (SSSR count). The summed E-state index contributed by atoms with van der Waals surface area (Å²) in [6, 6.07) is 8.40. The summed E-state index contributed by atoms with van der Waals surface area (Å²) in [7, 11) is 0. The van der Waals surface area contributed by atoms with Crippen LogP contribution in [0.5, 0.6) is 5.75 Å². The topological polar surface area (TPSA) is 54.5 Å². The Kier molecular flexibility index (Phi) is 5.25. The average Bonchev–Trinajstić information content (AvgIpc) is 2.57. The second-order valence-electron chi connectivity index (χ2n) is 6.57. The molecule has 2 heterocycles. The van der Waals surface area contributed by atoms with Crippen molar-refractivity contribution in [3.05, 3.63) is 53.9 Å². The number of nitrogens with one attached hydrogen (secondary N) is 1. The van der Waals surface area contributed by atoms with Gasteiger partial charge in [-0.1, -0.05) is 12.1 Å². The largest absolute Gasteiger partial charge is 0.487 e. The maximum absolute atomic E-state index is 12.8. The lowest BCUT2D eigenvalue weighted by atomic mass is 10.1. The number of hydrogen-bond acceptors (Lipinski definition) is 4. The minimum absolute atomic E-state index is 0.0934. The van der Waals surface area contributed by atoms with Crippen LogP contribution in [0.3, 0.4) is 0 Å². The predicted octanol–water partition coefficient (Wildman–Crippen LogP) is 3.57. The summed E-state index contributed by atoms with van der Waals surface area (Å²) in [6.45, 7) is 4.35. The fourth-order valence-electron chi connectivity index (χ4n) is 2.89. The van der Waals surface area contributed by atoms with Crippen LogP contribution >= 0.6 is 0 Å². The van der Waals surface area contributed by atoms with Gasteiger partial charge in [0.2, 0.25) is 5.91 Å². The minimum atomic E-state index is -4.40. The summed E-state index contributed by atoms with van der Waals surface area (Å²) < 4.78 is 44.2. The predicted molar refractivity (Wildman–Crippen MR) is 94.5 cm³/mol. The monoisotopic (exact) mass is 379 g/mol. The molecule has 1 fully saturated rings. The molecule has 144 valence electrons. The van der Waals surface area contributed by atoms with Crippen molar-refractivity contribution in [3.63, 3.8) is 0 Å². The van der Waals surface area contributed by atoms with E-state index in [1.807, 2.05) is 31.2 Å². The molecule has 0 bridgehead atoms. The van der Waals surface area contributed by atoms with Gasteiger partial charge in [0.05, 0.1) is 36.6 Å². The third kappa shape index (κ3) is 4.69. The molecule has 0 aliphatic carbocycles. The van der Waals surface area contributed by atoms with E-state index in [0.717, 1.165) is 17.8 Å². The molecule has 1 aliphatic heterocycles. The van der Waals surface area contributed by atoms with Gasteiger partial charge in [0.15, 0.2) is 0 Å². The molecule has 1 aromatic carbocycles. The highest BCUT2D eigenvalue weighted by atomic mass is 19.4. The maximum atomic E-state index is 12.8. The molecule has 1 N–H and O–H groups in total. The van der Waals surface area contributed by atoms with E-state index < -0.39 is 11.7 Å². The number of nitrogens with zero attached hydrogens (tertiary/aromatic N) is 2. The van der Waals surface area contributed by atoms with E-state index in [2.05, 4.69) is 10.3 Å². The number of ether oxygens (including phenoxy) is 1. The summed E-state index contributed by atoms with van der Waals surface area (Å²) in [4.78, 5) is 16.6. The molecule has 8 heteroatoms. The number of hydrogen-bond donors (Lipinski definition) is 1. The number of alkyl halides is 3. The Labute approximate surface area is 155 Å². The van der Waals surface area contributed by atoms with Crippen molar-refractivity contribution in [2.75, 3.05) is 18.0 Å². The standard InChI is InChI=1S/C19H20F3N3O2/c1-12(24-13(2)26)14-3-5-17(6-4-14)27-18-10-25(11-18)16-7-15(8-23-9-16)19(20,21)22/h3-9,12,18H,10-11H2,1-2H3,(H,24,26)/t12-/m0/s1. The first kappa shape index (κ1) is 19.0. The van der Waals surface area contributed by atoms with Crippen LogP contribution in [-0.4, -0.2) is 30.1 Å². The third-order valence-corrected chi connectivity index (χ3v) is 4.37. The van der Waals surface area contributed by atoms with E-state index in [1.165, 1.54) is 13.1 Å². The molecule has 0 saturated carbocycles. The van der Waals surface area contributed by atoms with Crippen LogP contribution in [0, 0.1) is 0 Å². The molecular formula is C19H20F3N3O2. The number of carbonyl (C=O) groups excluding carboxylic acids is 1. The number of carbonyl (C=O) groups is 1. The highest BCUT2D eigenvalue weighted by Gasteiger charge is 2.34. The molecule has 5 nitrogen and oxygen atoms in total. The fraction of sp³-hybridized carbons (Fsp3) is 0.368. The van der Waals surface area contributed by atoms with E-state index >= 15 is 0 Å². The number of rotatable bonds is 5. The second kappa shape index (κ2) is 7.46. The molecular weight excluding hydrogens is 359 g/mol. The highest BCUT2D eigenvalue weighted by molar-refractivity contribution is 5.73. The molecule has 1 atom stereocenters. The number of amides is 1. The van der Waals surface area contributed by atoms with Gasteiger partial charge in [-0.2, -0.15) is 13.2 Å². The summed E-state index contributed by atoms with van der Waals surface area (Å²) in [6.07, 6.45) is -2.26. The third-order valence-electron chi connectivity index (χ3n) is 4.37.